The summed E-state index contributed by atoms with van der Waals surface area (Å²) in [5.41, 5.74) is 0. The third kappa shape index (κ3) is 38.9. The van der Waals surface area contributed by atoms with Crippen LogP contribution in [0.3, 0.4) is 0 Å². The lowest BCUT2D eigenvalue weighted by Crippen LogP contribution is -2.60. The minimum absolute atomic E-state index is 0.238. The Bertz CT molecular complexity index is 1370. The Morgan fingerprint density at radius 1 is 0.479 bits per heavy atom. The Hall–Kier alpha value is -2.19. The second kappa shape index (κ2) is 50.6. The van der Waals surface area contributed by atoms with Gasteiger partial charge in [0.15, 0.2) is 6.29 Å². The number of hydrogen-bond donors (Lipinski definition) is 8. The maximum Gasteiger partial charge on any atom is 0.249 e. The molecule has 11 nitrogen and oxygen atoms in total. The molecule has 1 rings (SSSR count). The minimum Gasteiger partial charge on any atom is -0.394 e. The molecule has 0 aromatic heterocycles. The fourth-order valence-electron chi connectivity index (χ4n) is 9.33. The Morgan fingerprint density at radius 3 is 1.30 bits per heavy atom. The SMILES string of the molecule is CCCCCCCCCCC/C=C\C/C=C\CCCCCCCCCCC(O)C(=O)NC(COC1OC(CO)C(O)C(O)C1O)C(O)C(O)CCC/C=C/CC/C=C/CC/C=C/CCCCCCCCCCC. The van der Waals surface area contributed by atoms with Gasteiger partial charge in [-0.15, -0.1) is 0 Å². The van der Waals surface area contributed by atoms with Gasteiger partial charge in [-0.3, -0.25) is 4.79 Å². The monoisotopic (exact) mass is 1030 g/mol. The van der Waals surface area contributed by atoms with Crippen molar-refractivity contribution < 1.29 is 50.0 Å². The molecule has 0 aromatic rings. The highest BCUT2D eigenvalue weighted by atomic mass is 16.7. The summed E-state index contributed by atoms with van der Waals surface area (Å²) in [7, 11) is 0. The molecule has 1 fully saturated rings. The smallest absolute Gasteiger partial charge is 0.249 e. The summed E-state index contributed by atoms with van der Waals surface area (Å²) in [6.07, 6.45) is 54.1. The Morgan fingerprint density at radius 2 is 0.863 bits per heavy atom. The molecule has 0 spiro atoms. The first-order valence-corrected chi connectivity index (χ1v) is 30.2. The van der Waals surface area contributed by atoms with Gasteiger partial charge in [-0.05, 0) is 96.3 Å². The Kier molecular flexibility index (Phi) is 47.7. The van der Waals surface area contributed by atoms with Gasteiger partial charge in [0, 0.05) is 0 Å². The lowest BCUT2D eigenvalue weighted by atomic mass is 9.98. The van der Waals surface area contributed by atoms with Gasteiger partial charge in [0.1, 0.15) is 36.6 Å². The van der Waals surface area contributed by atoms with E-state index in [-0.39, 0.29) is 12.8 Å². The second-order valence-electron chi connectivity index (χ2n) is 21.0. The summed E-state index contributed by atoms with van der Waals surface area (Å²) in [6, 6.07) is -1.20. The number of carbonyl (C=O) groups is 1. The van der Waals surface area contributed by atoms with E-state index in [4.69, 9.17) is 9.47 Å². The third-order valence-electron chi connectivity index (χ3n) is 14.2. The van der Waals surface area contributed by atoms with Crippen LogP contribution in [0.5, 0.6) is 0 Å². The molecule has 1 heterocycles. The Balaban J connectivity index is 2.35. The van der Waals surface area contributed by atoms with Crippen molar-refractivity contribution in [3.63, 3.8) is 0 Å². The van der Waals surface area contributed by atoms with Crippen LogP contribution < -0.4 is 5.32 Å². The quantitative estimate of drug-likeness (QED) is 0.0215. The van der Waals surface area contributed by atoms with Gasteiger partial charge in [-0.1, -0.05) is 222 Å². The van der Waals surface area contributed by atoms with Gasteiger partial charge in [0.2, 0.25) is 5.91 Å². The van der Waals surface area contributed by atoms with Crippen molar-refractivity contribution in [3.8, 4) is 0 Å². The fourth-order valence-corrected chi connectivity index (χ4v) is 9.33. The molecule has 0 saturated carbocycles. The number of unbranched alkanes of at least 4 members (excludes halogenated alkanes) is 29. The number of aliphatic hydroxyl groups excluding tert-OH is 7. The zero-order chi connectivity index (χ0) is 53.3. The fraction of sp³-hybridized carbons (Fsp3) is 0.823. The number of allylic oxidation sites excluding steroid dienone is 10. The molecule has 0 aromatic carbocycles. The van der Waals surface area contributed by atoms with Crippen molar-refractivity contribution in [1.29, 1.82) is 0 Å². The number of ether oxygens (including phenoxy) is 2. The van der Waals surface area contributed by atoms with Gasteiger partial charge in [0.05, 0.1) is 25.4 Å². The van der Waals surface area contributed by atoms with Crippen LogP contribution in [0.1, 0.15) is 258 Å². The van der Waals surface area contributed by atoms with E-state index < -0.39 is 74.2 Å². The van der Waals surface area contributed by atoms with E-state index in [1.165, 1.54) is 148 Å². The summed E-state index contributed by atoms with van der Waals surface area (Å²) in [5.74, 6) is -0.717. The molecule has 11 heteroatoms. The number of amides is 1. The van der Waals surface area contributed by atoms with E-state index in [1.807, 2.05) is 0 Å². The van der Waals surface area contributed by atoms with E-state index in [0.717, 1.165) is 64.2 Å². The predicted molar refractivity (Wildman–Crippen MR) is 302 cm³/mol. The molecule has 8 N–H and O–H groups in total. The molecule has 426 valence electrons. The summed E-state index contributed by atoms with van der Waals surface area (Å²) in [4.78, 5) is 13.2. The van der Waals surface area contributed by atoms with Gasteiger partial charge in [-0.25, -0.2) is 0 Å². The highest BCUT2D eigenvalue weighted by molar-refractivity contribution is 5.80. The topological polar surface area (TPSA) is 189 Å². The second-order valence-corrected chi connectivity index (χ2v) is 21.0. The molecular weight excluding hydrogens is 919 g/mol. The van der Waals surface area contributed by atoms with Crippen LogP contribution in [-0.4, -0.2) is 110 Å². The first kappa shape index (κ1) is 68.8. The van der Waals surface area contributed by atoms with Crippen molar-refractivity contribution >= 4 is 5.91 Å². The first-order chi connectivity index (χ1) is 35.7. The van der Waals surface area contributed by atoms with E-state index in [2.05, 4.69) is 79.9 Å². The van der Waals surface area contributed by atoms with Crippen LogP contribution in [0, 0.1) is 0 Å². The minimum atomic E-state index is -1.68. The number of carbonyl (C=O) groups excluding carboxylic acids is 1. The molecule has 0 radical (unpaired) electrons. The highest BCUT2D eigenvalue weighted by Crippen LogP contribution is 2.23. The van der Waals surface area contributed by atoms with Crippen molar-refractivity contribution in [2.45, 2.75) is 313 Å². The highest BCUT2D eigenvalue weighted by Gasteiger charge is 2.44. The zero-order valence-corrected chi connectivity index (χ0v) is 46.6. The van der Waals surface area contributed by atoms with Crippen molar-refractivity contribution in [1.82, 2.24) is 5.32 Å². The molecule has 1 aliphatic rings. The molecular formula is C62H113NO10. The van der Waals surface area contributed by atoms with Crippen molar-refractivity contribution in [3.05, 3.63) is 60.8 Å². The summed E-state index contributed by atoms with van der Waals surface area (Å²) >= 11 is 0. The number of hydrogen-bond acceptors (Lipinski definition) is 10. The van der Waals surface area contributed by atoms with Crippen LogP contribution in [0.15, 0.2) is 60.8 Å². The lowest BCUT2D eigenvalue weighted by Gasteiger charge is -2.40. The molecule has 1 saturated heterocycles. The molecule has 9 atom stereocenters. The lowest BCUT2D eigenvalue weighted by molar-refractivity contribution is -0.303. The summed E-state index contributed by atoms with van der Waals surface area (Å²) < 4.78 is 11.1. The van der Waals surface area contributed by atoms with Crippen LogP contribution in [0.25, 0.3) is 0 Å². The predicted octanol–water partition coefficient (Wildman–Crippen LogP) is 13.0. The number of rotatable bonds is 51. The number of aliphatic hydroxyl groups is 7. The largest absolute Gasteiger partial charge is 0.394 e. The van der Waals surface area contributed by atoms with Crippen LogP contribution in [0.4, 0.5) is 0 Å². The van der Waals surface area contributed by atoms with Gasteiger partial charge in [-0.2, -0.15) is 0 Å². The average molecular weight is 1030 g/mol. The van der Waals surface area contributed by atoms with E-state index in [1.54, 1.807) is 0 Å². The first-order valence-electron chi connectivity index (χ1n) is 30.2. The average Bonchev–Trinajstić information content (AvgIpc) is 3.39. The van der Waals surface area contributed by atoms with Gasteiger partial charge < -0.3 is 50.5 Å². The normalized spacial score (nSPS) is 20.4. The standard InChI is InChI=1S/C62H113NO10/c1-3-5-7-9-11-13-15-17-19-21-23-25-27-28-30-32-34-36-38-40-42-44-46-48-50-55(66)61(71)63-53(52-72-62-60(70)59(69)58(68)56(51-64)73-62)57(67)54(65)49-47-45-43-41-39-37-35-33-31-29-26-24-22-20-18-16-14-12-10-8-6-4-2/h23-26,28,30,33,35,41,43,53-60,62,64-70H,3-22,27,29,31-32,34,36-40,42,44-52H2,1-2H3,(H,63,71)/b25-23-,26-24+,30-28-,35-33+,43-41+. The summed E-state index contributed by atoms with van der Waals surface area (Å²) in [5, 5.41) is 76.2. The van der Waals surface area contributed by atoms with Crippen molar-refractivity contribution in [2.75, 3.05) is 13.2 Å². The molecule has 73 heavy (non-hydrogen) atoms. The van der Waals surface area contributed by atoms with Crippen LogP contribution in [-0.2, 0) is 14.3 Å². The van der Waals surface area contributed by atoms with E-state index in [0.29, 0.717) is 19.3 Å². The molecule has 1 amide bonds. The number of nitrogens with one attached hydrogen (secondary N) is 1. The zero-order valence-electron chi connectivity index (χ0n) is 46.6. The van der Waals surface area contributed by atoms with E-state index >= 15 is 0 Å². The van der Waals surface area contributed by atoms with Gasteiger partial charge >= 0.3 is 0 Å². The third-order valence-corrected chi connectivity index (χ3v) is 14.2. The molecule has 1 aliphatic heterocycles. The maximum atomic E-state index is 13.2. The maximum absolute atomic E-state index is 13.2. The van der Waals surface area contributed by atoms with E-state index in [9.17, 15) is 40.5 Å². The molecule has 9 unspecified atom stereocenters. The summed E-state index contributed by atoms with van der Waals surface area (Å²) in [6.45, 7) is 3.44. The van der Waals surface area contributed by atoms with Crippen molar-refractivity contribution in [2.24, 2.45) is 0 Å². The van der Waals surface area contributed by atoms with Gasteiger partial charge in [0.25, 0.3) is 0 Å². The van der Waals surface area contributed by atoms with Crippen LogP contribution >= 0.6 is 0 Å². The molecule has 0 aliphatic carbocycles. The molecule has 0 bridgehead atoms. The Labute approximate surface area is 446 Å². The van der Waals surface area contributed by atoms with Crippen LogP contribution in [0.2, 0.25) is 0 Å².